The molecule has 4 aromatic rings. The molecule has 3 aromatic heterocycles. The highest BCUT2D eigenvalue weighted by atomic mass is 16.1. The zero-order valence-electron chi connectivity index (χ0n) is 15.2. The van der Waals surface area contributed by atoms with E-state index < -0.39 is 0 Å². The fraction of sp³-hybridized carbons (Fsp3) is 0.200. The first kappa shape index (κ1) is 16.5. The van der Waals surface area contributed by atoms with Gasteiger partial charge in [-0.05, 0) is 37.5 Å². The third kappa shape index (κ3) is 2.88. The quantitative estimate of drug-likeness (QED) is 0.592. The Morgan fingerprint density at radius 1 is 1.11 bits per heavy atom. The SMILES string of the molecule is Cc1ccc(C(=O)NC2CC2)cc1-n1cnc2c(-c3cncnc3)ncnc21. The lowest BCUT2D eigenvalue weighted by Gasteiger charge is -2.11. The molecule has 0 saturated heterocycles. The van der Waals surface area contributed by atoms with Crippen LogP contribution in [0.5, 0.6) is 0 Å². The van der Waals surface area contributed by atoms with E-state index in [1.165, 1.54) is 12.7 Å². The number of carbonyl (C=O) groups is 1. The Balaban J connectivity index is 1.61. The van der Waals surface area contributed by atoms with E-state index in [2.05, 4.69) is 30.2 Å². The summed E-state index contributed by atoms with van der Waals surface area (Å²) in [7, 11) is 0. The second-order valence-electron chi connectivity index (χ2n) is 6.89. The Morgan fingerprint density at radius 2 is 1.93 bits per heavy atom. The van der Waals surface area contributed by atoms with Gasteiger partial charge in [-0.1, -0.05) is 6.07 Å². The Bertz CT molecular complexity index is 1180. The maximum absolute atomic E-state index is 12.5. The molecule has 1 aliphatic rings. The van der Waals surface area contributed by atoms with Gasteiger partial charge in [0.25, 0.3) is 5.91 Å². The van der Waals surface area contributed by atoms with Crippen molar-refractivity contribution in [2.24, 2.45) is 0 Å². The molecule has 0 radical (unpaired) electrons. The Labute approximate surface area is 160 Å². The maximum Gasteiger partial charge on any atom is 0.251 e. The number of amides is 1. The first-order valence-corrected chi connectivity index (χ1v) is 9.06. The molecular formula is C20H17N7O. The lowest BCUT2D eigenvalue weighted by atomic mass is 10.1. The van der Waals surface area contributed by atoms with Crippen LogP contribution in [0.1, 0.15) is 28.8 Å². The predicted octanol–water partition coefficient (Wildman–Crippen LogP) is 2.47. The van der Waals surface area contributed by atoms with Crippen LogP contribution in [0.4, 0.5) is 0 Å². The largest absolute Gasteiger partial charge is 0.349 e. The van der Waals surface area contributed by atoms with E-state index in [1.807, 2.05) is 29.7 Å². The van der Waals surface area contributed by atoms with Crippen molar-refractivity contribution in [2.75, 3.05) is 0 Å². The van der Waals surface area contributed by atoms with Gasteiger partial charge in [0, 0.05) is 29.6 Å². The van der Waals surface area contributed by atoms with Crippen LogP contribution in [-0.4, -0.2) is 41.4 Å². The van der Waals surface area contributed by atoms with Crippen molar-refractivity contribution in [1.29, 1.82) is 0 Å². The molecule has 8 nitrogen and oxygen atoms in total. The van der Waals surface area contributed by atoms with E-state index in [1.54, 1.807) is 18.7 Å². The minimum Gasteiger partial charge on any atom is -0.349 e. The van der Waals surface area contributed by atoms with Gasteiger partial charge in [0.2, 0.25) is 0 Å². The highest BCUT2D eigenvalue weighted by Crippen LogP contribution is 2.26. The monoisotopic (exact) mass is 371 g/mol. The smallest absolute Gasteiger partial charge is 0.251 e. The highest BCUT2D eigenvalue weighted by Gasteiger charge is 2.24. The van der Waals surface area contributed by atoms with E-state index in [0.29, 0.717) is 28.5 Å². The third-order valence-electron chi connectivity index (χ3n) is 4.81. The van der Waals surface area contributed by atoms with E-state index in [-0.39, 0.29) is 5.91 Å². The summed E-state index contributed by atoms with van der Waals surface area (Å²) in [4.78, 5) is 33.9. The number of fused-ring (bicyclic) bond motifs is 1. The number of imidazole rings is 1. The average Bonchev–Trinajstić information content (AvgIpc) is 3.44. The molecule has 1 amide bonds. The molecule has 0 unspecified atom stereocenters. The minimum atomic E-state index is -0.0510. The minimum absolute atomic E-state index is 0.0510. The molecular weight excluding hydrogens is 354 g/mol. The summed E-state index contributed by atoms with van der Waals surface area (Å²) in [6, 6.07) is 5.98. The number of aromatic nitrogens is 6. The molecule has 1 aromatic carbocycles. The van der Waals surface area contributed by atoms with Crippen LogP contribution in [0, 0.1) is 6.92 Å². The first-order chi connectivity index (χ1) is 13.7. The summed E-state index contributed by atoms with van der Waals surface area (Å²) in [5.41, 5.74) is 5.27. The molecule has 138 valence electrons. The van der Waals surface area contributed by atoms with Gasteiger partial charge in [-0.15, -0.1) is 0 Å². The molecule has 1 N–H and O–H groups in total. The van der Waals surface area contributed by atoms with Gasteiger partial charge in [0.15, 0.2) is 5.65 Å². The maximum atomic E-state index is 12.5. The van der Waals surface area contributed by atoms with Crippen molar-refractivity contribution < 1.29 is 4.79 Å². The second kappa shape index (κ2) is 6.49. The summed E-state index contributed by atoms with van der Waals surface area (Å²) in [5.74, 6) is -0.0510. The molecule has 5 rings (SSSR count). The van der Waals surface area contributed by atoms with E-state index in [9.17, 15) is 4.79 Å². The topological polar surface area (TPSA) is 98.5 Å². The molecule has 3 heterocycles. The molecule has 8 heteroatoms. The number of hydrogen-bond acceptors (Lipinski definition) is 6. The molecule has 1 saturated carbocycles. The van der Waals surface area contributed by atoms with Crippen LogP contribution in [0.15, 0.2) is 49.6 Å². The fourth-order valence-corrected chi connectivity index (χ4v) is 3.15. The molecule has 0 bridgehead atoms. The lowest BCUT2D eigenvalue weighted by molar-refractivity contribution is 0.0951. The molecule has 28 heavy (non-hydrogen) atoms. The van der Waals surface area contributed by atoms with Crippen molar-refractivity contribution in [2.45, 2.75) is 25.8 Å². The molecule has 0 aliphatic heterocycles. The number of nitrogens with zero attached hydrogens (tertiary/aromatic N) is 6. The number of aryl methyl sites for hydroxylation is 1. The normalized spacial score (nSPS) is 13.6. The molecule has 0 atom stereocenters. The fourth-order valence-electron chi connectivity index (χ4n) is 3.15. The van der Waals surface area contributed by atoms with Gasteiger partial charge in [-0.2, -0.15) is 0 Å². The van der Waals surface area contributed by atoms with Gasteiger partial charge in [-0.25, -0.2) is 24.9 Å². The Morgan fingerprint density at radius 3 is 2.71 bits per heavy atom. The van der Waals surface area contributed by atoms with Crippen molar-refractivity contribution in [3.63, 3.8) is 0 Å². The van der Waals surface area contributed by atoms with Crippen molar-refractivity contribution in [3.05, 3.63) is 60.7 Å². The summed E-state index contributed by atoms with van der Waals surface area (Å²) in [6.45, 7) is 2.00. The number of nitrogens with one attached hydrogen (secondary N) is 1. The van der Waals surface area contributed by atoms with E-state index in [4.69, 9.17) is 0 Å². The van der Waals surface area contributed by atoms with Gasteiger partial charge in [0.1, 0.15) is 30.2 Å². The Hall–Kier alpha value is -3.68. The number of benzene rings is 1. The van der Waals surface area contributed by atoms with Crippen LogP contribution < -0.4 is 5.32 Å². The number of hydrogen-bond donors (Lipinski definition) is 1. The lowest BCUT2D eigenvalue weighted by Crippen LogP contribution is -2.25. The highest BCUT2D eigenvalue weighted by molar-refractivity contribution is 5.95. The predicted molar refractivity (Wildman–Crippen MR) is 103 cm³/mol. The standard InChI is InChI=1S/C20H17N7O/c1-12-2-3-13(20(28)26-15-4-5-15)6-16(12)27-11-25-18-17(23-10-24-19(18)27)14-7-21-9-22-8-14/h2-3,6-11,15H,4-5H2,1H3,(H,26,28). The van der Waals surface area contributed by atoms with Crippen LogP contribution >= 0.6 is 0 Å². The van der Waals surface area contributed by atoms with Gasteiger partial charge >= 0.3 is 0 Å². The summed E-state index contributed by atoms with van der Waals surface area (Å²) in [5, 5.41) is 3.03. The van der Waals surface area contributed by atoms with E-state index in [0.717, 1.165) is 29.7 Å². The summed E-state index contributed by atoms with van der Waals surface area (Å²) < 4.78 is 1.88. The van der Waals surface area contributed by atoms with Crippen molar-refractivity contribution in [3.8, 4) is 16.9 Å². The van der Waals surface area contributed by atoms with Crippen molar-refractivity contribution >= 4 is 17.1 Å². The number of carbonyl (C=O) groups excluding carboxylic acids is 1. The summed E-state index contributed by atoms with van der Waals surface area (Å²) in [6.07, 6.45) is 10.2. The molecule has 1 aliphatic carbocycles. The second-order valence-corrected chi connectivity index (χ2v) is 6.89. The van der Waals surface area contributed by atoms with Gasteiger partial charge in [-0.3, -0.25) is 9.36 Å². The van der Waals surface area contributed by atoms with E-state index >= 15 is 0 Å². The van der Waals surface area contributed by atoms with Crippen LogP contribution in [0.3, 0.4) is 0 Å². The first-order valence-electron chi connectivity index (χ1n) is 9.06. The van der Waals surface area contributed by atoms with Gasteiger partial charge in [0.05, 0.1) is 5.69 Å². The van der Waals surface area contributed by atoms with Crippen LogP contribution in [0.25, 0.3) is 28.1 Å². The summed E-state index contributed by atoms with van der Waals surface area (Å²) >= 11 is 0. The van der Waals surface area contributed by atoms with Gasteiger partial charge < -0.3 is 5.32 Å². The van der Waals surface area contributed by atoms with Crippen molar-refractivity contribution in [1.82, 2.24) is 34.8 Å². The Kier molecular flexibility index (Phi) is 3.82. The van der Waals surface area contributed by atoms with Crippen LogP contribution in [-0.2, 0) is 0 Å². The zero-order valence-corrected chi connectivity index (χ0v) is 15.2. The molecule has 0 spiro atoms. The number of rotatable bonds is 4. The van der Waals surface area contributed by atoms with Crippen LogP contribution in [0.2, 0.25) is 0 Å². The molecule has 1 fully saturated rings. The zero-order chi connectivity index (χ0) is 19.1. The third-order valence-corrected chi connectivity index (χ3v) is 4.81. The average molecular weight is 371 g/mol.